The van der Waals surface area contributed by atoms with Crippen LogP contribution in [0.2, 0.25) is 0 Å². The lowest BCUT2D eigenvalue weighted by Crippen LogP contribution is -2.28. The molecule has 0 aromatic heterocycles. The Labute approximate surface area is 98.9 Å². The Balaban J connectivity index is 2.17. The van der Waals surface area contributed by atoms with E-state index in [0.29, 0.717) is 23.6 Å². The molecule has 5 nitrogen and oxygen atoms in total. The van der Waals surface area contributed by atoms with Gasteiger partial charge in [-0.05, 0) is 19.1 Å². The van der Waals surface area contributed by atoms with Gasteiger partial charge in [-0.1, -0.05) is 0 Å². The number of carbonyl (C=O) groups is 1. The number of carbonyl (C=O) groups excluding carboxylic acids is 1. The average molecular weight is 232 g/mol. The monoisotopic (exact) mass is 232 g/mol. The van der Waals surface area contributed by atoms with Crippen molar-refractivity contribution in [1.29, 1.82) is 5.26 Å². The highest BCUT2D eigenvalue weighted by Crippen LogP contribution is 2.29. The minimum atomic E-state index is -0.707. The van der Waals surface area contributed by atoms with E-state index >= 15 is 0 Å². The first-order valence-electron chi connectivity index (χ1n) is 5.12. The molecule has 0 unspecified atom stereocenters. The molecule has 1 saturated heterocycles. The average Bonchev–Trinajstić information content (AvgIpc) is 3.08. The Kier molecular flexibility index (Phi) is 2.74. The van der Waals surface area contributed by atoms with Gasteiger partial charge in [-0.2, -0.15) is 5.26 Å². The number of hydrogen-bond acceptors (Lipinski definition) is 4. The second kappa shape index (κ2) is 4.07. The lowest BCUT2D eigenvalue weighted by Gasteiger charge is -2.09. The van der Waals surface area contributed by atoms with Crippen molar-refractivity contribution in [3.63, 3.8) is 0 Å². The van der Waals surface area contributed by atoms with Crippen LogP contribution in [0.1, 0.15) is 12.5 Å². The largest absolute Gasteiger partial charge is 0.495 e. The second-order valence-corrected chi connectivity index (χ2v) is 4.00. The van der Waals surface area contributed by atoms with Gasteiger partial charge in [0.05, 0.1) is 19.3 Å². The first-order chi connectivity index (χ1) is 8.09. The molecule has 1 aliphatic rings. The Morgan fingerprint density at radius 2 is 2.35 bits per heavy atom. The number of rotatable bonds is 3. The van der Waals surface area contributed by atoms with E-state index in [0.717, 1.165) is 0 Å². The Morgan fingerprint density at radius 3 is 2.88 bits per heavy atom. The molecule has 17 heavy (non-hydrogen) atoms. The van der Waals surface area contributed by atoms with E-state index in [4.69, 9.17) is 14.7 Å². The molecule has 5 heteroatoms. The summed E-state index contributed by atoms with van der Waals surface area (Å²) in [6.07, 6.45) is 0. The predicted octanol–water partition coefficient (Wildman–Crippen LogP) is 1.29. The van der Waals surface area contributed by atoms with E-state index in [1.807, 2.05) is 6.07 Å². The number of ether oxygens (including phenoxy) is 2. The summed E-state index contributed by atoms with van der Waals surface area (Å²) in [7, 11) is 1.48. The molecular formula is C12H12N2O3. The van der Waals surface area contributed by atoms with Crippen molar-refractivity contribution in [1.82, 2.24) is 0 Å². The van der Waals surface area contributed by atoms with E-state index in [2.05, 4.69) is 5.32 Å². The van der Waals surface area contributed by atoms with Gasteiger partial charge in [-0.15, -0.1) is 0 Å². The lowest BCUT2D eigenvalue weighted by atomic mass is 10.1. The molecule has 1 N–H and O–H groups in total. The fourth-order valence-corrected chi connectivity index (χ4v) is 1.36. The Morgan fingerprint density at radius 1 is 1.65 bits per heavy atom. The second-order valence-electron chi connectivity index (χ2n) is 4.00. The van der Waals surface area contributed by atoms with Gasteiger partial charge in [0.25, 0.3) is 5.91 Å². The van der Waals surface area contributed by atoms with E-state index < -0.39 is 5.60 Å². The minimum Gasteiger partial charge on any atom is -0.495 e. The van der Waals surface area contributed by atoms with Gasteiger partial charge in [-0.25, -0.2) is 0 Å². The van der Waals surface area contributed by atoms with Crippen LogP contribution in [-0.4, -0.2) is 25.2 Å². The zero-order valence-electron chi connectivity index (χ0n) is 9.61. The molecule has 1 aliphatic heterocycles. The van der Waals surface area contributed by atoms with Crippen molar-refractivity contribution < 1.29 is 14.3 Å². The van der Waals surface area contributed by atoms with E-state index in [-0.39, 0.29) is 5.91 Å². The van der Waals surface area contributed by atoms with Gasteiger partial charge < -0.3 is 14.8 Å². The molecule has 0 aliphatic carbocycles. The number of nitrogens with zero attached hydrogens (tertiary/aromatic N) is 1. The molecule has 1 atom stereocenters. The Hall–Kier alpha value is -2.06. The maximum Gasteiger partial charge on any atom is 0.258 e. The maximum atomic E-state index is 11.7. The summed E-state index contributed by atoms with van der Waals surface area (Å²) in [5, 5.41) is 11.5. The molecule has 2 rings (SSSR count). The van der Waals surface area contributed by atoms with Crippen molar-refractivity contribution in [2.45, 2.75) is 12.5 Å². The molecule has 0 spiro atoms. The van der Waals surface area contributed by atoms with Gasteiger partial charge in [0.1, 0.15) is 11.8 Å². The van der Waals surface area contributed by atoms with Crippen LogP contribution in [0.15, 0.2) is 18.2 Å². The van der Waals surface area contributed by atoms with Gasteiger partial charge in [0.2, 0.25) is 0 Å². The van der Waals surface area contributed by atoms with E-state index in [1.165, 1.54) is 7.11 Å². The molecule has 0 radical (unpaired) electrons. The fraction of sp³-hybridized carbons (Fsp3) is 0.333. The zero-order chi connectivity index (χ0) is 12.5. The first-order valence-corrected chi connectivity index (χ1v) is 5.12. The summed E-state index contributed by atoms with van der Waals surface area (Å²) in [5.41, 5.74) is 0.308. The summed E-state index contributed by atoms with van der Waals surface area (Å²) in [6, 6.07) is 6.88. The normalized spacial score (nSPS) is 21.5. The van der Waals surface area contributed by atoms with Crippen LogP contribution in [0, 0.1) is 11.3 Å². The van der Waals surface area contributed by atoms with Crippen LogP contribution in [0.5, 0.6) is 5.75 Å². The third kappa shape index (κ3) is 2.22. The van der Waals surface area contributed by atoms with E-state index in [9.17, 15) is 4.79 Å². The van der Waals surface area contributed by atoms with Crippen molar-refractivity contribution in [2.24, 2.45) is 0 Å². The molecule has 1 amide bonds. The van der Waals surface area contributed by atoms with Crippen LogP contribution in [-0.2, 0) is 9.53 Å². The quantitative estimate of drug-likeness (QED) is 0.797. The number of epoxide rings is 1. The van der Waals surface area contributed by atoms with Crippen molar-refractivity contribution in [3.8, 4) is 11.8 Å². The topological polar surface area (TPSA) is 74.7 Å². The predicted molar refractivity (Wildman–Crippen MR) is 60.7 cm³/mol. The highest BCUT2D eigenvalue weighted by atomic mass is 16.6. The number of hydrogen-bond donors (Lipinski definition) is 1. The SMILES string of the molecule is COc1cc(NC(=O)[C@]2(C)CO2)ccc1C#N. The van der Waals surface area contributed by atoms with Gasteiger partial charge in [0, 0.05) is 11.8 Å². The molecule has 1 aromatic rings. The first kappa shape index (κ1) is 11.4. The van der Waals surface area contributed by atoms with Crippen molar-refractivity contribution in [3.05, 3.63) is 23.8 Å². The third-order valence-electron chi connectivity index (χ3n) is 2.64. The standard InChI is InChI=1S/C12H12N2O3/c1-12(7-17-12)11(15)14-9-4-3-8(6-13)10(5-9)16-2/h3-5H,7H2,1-2H3,(H,14,15)/t12-/m0/s1. The fourth-order valence-electron chi connectivity index (χ4n) is 1.36. The van der Waals surface area contributed by atoms with E-state index in [1.54, 1.807) is 25.1 Å². The number of amides is 1. The molecular weight excluding hydrogens is 220 g/mol. The third-order valence-corrected chi connectivity index (χ3v) is 2.64. The molecule has 1 fully saturated rings. The van der Waals surface area contributed by atoms with Crippen LogP contribution in [0.4, 0.5) is 5.69 Å². The smallest absolute Gasteiger partial charge is 0.258 e. The maximum absolute atomic E-state index is 11.7. The van der Waals surface area contributed by atoms with Crippen molar-refractivity contribution >= 4 is 11.6 Å². The highest BCUT2D eigenvalue weighted by Gasteiger charge is 2.47. The van der Waals surface area contributed by atoms with Crippen LogP contribution >= 0.6 is 0 Å². The van der Waals surface area contributed by atoms with Crippen LogP contribution < -0.4 is 10.1 Å². The summed E-state index contributed by atoms with van der Waals surface area (Å²) in [5.74, 6) is 0.247. The summed E-state index contributed by atoms with van der Waals surface area (Å²) < 4.78 is 10.1. The number of anilines is 1. The van der Waals surface area contributed by atoms with Crippen LogP contribution in [0.3, 0.4) is 0 Å². The summed E-state index contributed by atoms with van der Waals surface area (Å²) in [4.78, 5) is 11.7. The van der Waals surface area contributed by atoms with Gasteiger partial charge in [0.15, 0.2) is 5.60 Å². The molecule has 0 saturated carbocycles. The number of benzene rings is 1. The highest BCUT2D eigenvalue weighted by molar-refractivity contribution is 5.98. The van der Waals surface area contributed by atoms with Gasteiger partial charge in [-0.3, -0.25) is 4.79 Å². The Bertz CT molecular complexity index is 501. The molecule has 1 aromatic carbocycles. The zero-order valence-corrected chi connectivity index (χ0v) is 9.61. The summed E-state index contributed by atoms with van der Waals surface area (Å²) in [6.45, 7) is 2.16. The number of nitriles is 1. The van der Waals surface area contributed by atoms with Crippen LogP contribution in [0.25, 0.3) is 0 Å². The number of methoxy groups -OCH3 is 1. The molecule has 0 bridgehead atoms. The molecule has 1 heterocycles. The lowest BCUT2D eigenvalue weighted by molar-refractivity contribution is -0.120. The van der Waals surface area contributed by atoms with Crippen molar-refractivity contribution in [2.75, 3.05) is 19.0 Å². The summed E-state index contributed by atoms with van der Waals surface area (Å²) >= 11 is 0. The van der Waals surface area contributed by atoms with Gasteiger partial charge >= 0.3 is 0 Å². The minimum absolute atomic E-state index is 0.190. The molecule has 88 valence electrons. The number of nitrogens with one attached hydrogen (secondary N) is 1.